The van der Waals surface area contributed by atoms with E-state index < -0.39 is 36.4 Å². The van der Waals surface area contributed by atoms with Gasteiger partial charge in [0.2, 0.25) is 0 Å². The minimum absolute atomic E-state index is 0.188. The highest BCUT2D eigenvalue weighted by Crippen LogP contribution is 2.41. The van der Waals surface area contributed by atoms with Gasteiger partial charge < -0.3 is 19.7 Å². The SMILES string of the molecule is CCO[C@@H]1[C@@H](n2cc(-c3nccs3)nn2)[C@@H](O)[C@@H](CO)O[C@@H]1Sc1cc(Cl)cnc1C#N. The molecule has 0 radical (unpaired) electrons. The zero-order valence-corrected chi connectivity index (χ0v) is 19.2. The molecule has 0 aliphatic carbocycles. The minimum Gasteiger partial charge on any atom is -0.394 e. The largest absolute Gasteiger partial charge is 0.394 e. The third-order valence-electron chi connectivity index (χ3n) is 4.82. The third-order valence-corrected chi connectivity index (χ3v) is 7.00. The van der Waals surface area contributed by atoms with E-state index in [1.165, 1.54) is 34.0 Å². The Labute approximate surface area is 196 Å². The number of hydrogen-bond acceptors (Lipinski definition) is 11. The summed E-state index contributed by atoms with van der Waals surface area (Å²) in [7, 11) is 0. The summed E-state index contributed by atoms with van der Waals surface area (Å²) in [5.41, 5.74) is 0.0539. The molecule has 5 atom stereocenters. The molecule has 1 aliphatic rings. The molecular weight excluding hydrogens is 476 g/mol. The van der Waals surface area contributed by atoms with Gasteiger partial charge in [-0.25, -0.2) is 14.6 Å². The van der Waals surface area contributed by atoms with E-state index in [0.717, 1.165) is 0 Å². The Hall–Kier alpha value is -2.11. The molecule has 0 amide bonds. The fourth-order valence-corrected chi connectivity index (χ4v) is 5.45. The summed E-state index contributed by atoms with van der Waals surface area (Å²) in [6.07, 6.45) is 2.05. The molecule has 1 fully saturated rings. The minimum atomic E-state index is -1.12. The summed E-state index contributed by atoms with van der Waals surface area (Å²) in [6.45, 7) is 1.75. The summed E-state index contributed by atoms with van der Waals surface area (Å²) in [6, 6.07) is 2.94. The van der Waals surface area contributed by atoms with Crippen LogP contribution in [0.5, 0.6) is 0 Å². The lowest BCUT2D eigenvalue weighted by Crippen LogP contribution is -2.55. The Kier molecular flexibility index (Phi) is 7.37. The second kappa shape index (κ2) is 10.2. The maximum Gasteiger partial charge on any atom is 0.154 e. The number of aromatic nitrogens is 5. The van der Waals surface area contributed by atoms with Gasteiger partial charge in [-0.05, 0) is 13.0 Å². The van der Waals surface area contributed by atoms with Gasteiger partial charge in [0.15, 0.2) is 5.69 Å². The molecule has 0 unspecified atom stereocenters. The van der Waals surface area contributed by atoms with Crippen LogP contribution in [0.4, 0.5) is 0 Å². The predicted octanol–water partition coefficient (Wildman–Crippen LogP) is 2.14. The van der Waals surface area contributed by atoms with Crippen LogP contribution in [-0.2, 0) is 9.47 Å². The van der Waals surface area contributed by atoms with Crippen molar-refractivity contribution in [3.8, 4) is 16.8 Å². The molecule has 3 aromatic heterocycles. The van der Waals surface area contributed by atoms with Gasteiger partial charge in [0, 0.05) is 29.3 Å². The third kappa shape index (κ3) is 4.65. The summed E-state index contributed by atoms with van der Waals surface area (Å²) in [5.74, 6) is 0. The summed E-state index contributed by atoms with van der Waals surface area (Å²) < 4.78 is 13.5. The van der Waals surface area contributed by atoms with Crippen LogP contribution in [0.2, 0.25) is 5.02 Å². The van der Waals surface area contributed by atoms with Gasteiger partial charge in [0.1, 0.15) is 46.6 Å². The number of rotatable bonds is 7. The maximum atomic E-state index is 11.0. The quantitative estimate of drug-likeness (QED) is 0.502. The predicted molar refractivity (Wildman–Crippen MR) is 117 cm³/mol. The fraction of sp³-hybridized carbons (Fsp3) is 0.421. The fourth-order valence-electron chi connectivity index (χ4n) is 3.42. The van der Waals surface area contributed by atoms with Crippen molar-refractivity contribution in [3.05, 3.63) is 40.8 Å². The molecule has 4 rings (SSSR count). The van der Waals surface area contributed by atoms with Gasteiger partial charge in [-0.15, -0.1) is 16.4 Å². The molecule has 1 aliphatic heterocycles. The van der Waals surface area contributed by atoms with Gasteiger partial charge in [-0.3, -0.25) is 0 Å². The van der Waals surface area contributed by atoms with Crippen molar-refractivity contribution >= 4 is 34.7 Å². The van der Waals surface area contributed by atoms with E-state index in [4.69, 9.17) is 21.1 Å². The normalized spacial score (nSPS) is 25.5. The van der Waals surface area contributed by atoms with E-state index >= 15 is 0 Å². The molecule has 0 spiro atoms. The first-order valence-corrected chi connectivity index (χ1v) is 11.8. The highest BCUT2D eigenvalue weighted by Gasteiger charge is 2.48. The molecule has 1 saturated heterocycles. The number of thioether (sulfide) groups is 1. The maximum absolute atomic E-state index is 11.0. The molecule has 10 nitrogen and oxygen atoms in total. The second-order valence-corrected chi connectivity index (χ2v) is 9.25. The van der Waals surface area contributed by atoms with E-state index in [-0.39, 0.29) is 5.69 Å². The molecule has 168 valence electrons. The van der Waals surface area contributed by atoms with E-state index in [1.54, 1.807) is 18.5 Å². The van der Waals surface area contributed by atoms with Gasteiger partial charge in [-0.2, -0.15) is 5.26 Å². The highest BCUT2D eigenvalue weighted by atomic mass is 35.5. The standard InChI is InChI=1S/C19H19ClN6O4S2/c1-2-29-17-15(26-8-12(24-25-26)18-22-3-4-31-18)16(28)13(9-27)30-19(17)32-14-5-10(20)7-23-11(14)6-21/h3-5,7-8,13,15-17,19,27-28H,2,9H2,1H3/t13-,15+,16+,17-,19-/m1/s1. The number of pyridine rings is 1. The van der Waals surface area contributed by atoms with Crippen LogP contribution in [0, 0.1) is 11.3 Å². The van der Waals surface area contributed by atoms with Crippen LogP contribution in [0.15, 0.2) is 34.9 Å². The Bertz CT molecular complexity index is 1090. The molecule has 2 N–H and O–H groups in total. The monoisotopic (exact) mass is 494 g/mol. The first-order chi connectivity index (χ1) is 15.5. The lowest BCUT2D eigenvalue weighted by atomic mass is 9.97. The zero-order valence-electron chi connectivity index (χ0n) is 16.8. The summed E-state index contributed by atoms with van der Waals surface area (Å²) in [4.78, 5) is 8.80. The first-order valence-electron chi connectivity index (χ1n) is 9.65. The molecule has 3 aromatic rings. The van der Waals surface area contributed by atoms with E-state index in [9.17, 15) is 15.5 Å². The van der Waals surface area contributed by atoms with Crippen LogP contribution < -0.4 is 0 Å². The van der Waals surface area contributed by atoms with Crippen molar-refractivity contribution in [2.75, 3.05) is 13.2 Å². The van der Waals surface area contributed by atoms with Crippen LogP contribution >= 0.6 is 34.7 Å². The van der Waals surface area contributed by atoms with E-state index in [2.05, 4.69) is 20.3 Å². The average molecular weight is 495 g/mol. The number of thiazole rings is 1. The van der Waals surface area contributed by atoms with Crippen LogP contribution in [0.3, 0.4) is 0 Å². The Morgan fingerprint density at radius 2 is 2.28 bits per heavy atom. The van der Waals surface area contributed by atoms with Crippen molar-refractivity contribution < 1.29 is 19.7 Å². The highest BCUT2D eigenvalue weighted by molar-refractivity contribution is 7.99. The van der Waals surface area contributed by atoms with Crippen molar-refractivity contribution in [1.82, 2.24) is 25.0 Å². The molecule has 0 saturated carbocycles. The van der Waals surface area contributed by atoms with Crippen LogP contribution in [0.1, 0.15) is 18.7 Å². The van der Waals surface area contributed by atoms with Gasteiger partial charge in [0.05, 0.1) is 17.8 Å². The lowest BCUT2D eigenvalue weighted by Gasteiger charge is -2.43. The number of halogens is 1. The van der Waals surface area contributed by atoms with Crippen molar-refractivity contribution in [3.63, 3.8) is 0 Å². The summed E-state index contributed by atoms with van der Waals surface area (Å²) >= 11 is 8.69. The number of aliphatic hydroxyl groups is 2. The van der Waals surface area contributed by atoms with Gasteiger partial charge >= 0.3 is 0 Å². The molecular formula is C19H19ClN6O4S2. The van der Waals surface area contributed by atoms with Gasteiger partial charge in [0.25, 0.3) is 0 Å². The molecule has 32 heavy (non-hydrogen) atoms. The number of ether oxygens (including phenoxy) is 2. The van der Waals surface area contributed by atoms with Crippen molar-refractivity contribution in [1.29, 1.82) is 5.26 Å². The summed E-state index contributed by atoms with van der Waals surface area (Å²) in [5, 5.41) is 41.5. The van der Waals surface area contributed by atoms with Crippen LogP contribution in [0.25, 0.3) is 10.7 Å². The molecule has 0 bridgehead atoms. The lowest BCUT2D eigenvalue weighted by molar-refractivity contribution is -0.191. The Balaban J connectivity index is 1.70. The number of aliphatic hydroxyl groups excluding tert-OH is 2. The average Bonchev–Trinajstić information content (AvgIpc) is 3.48. The molecule has 13 heteroatoms. The molecule has 4 heterocycles. The Morgan fingerprint density at radius 3 is 2.97 bits per heavy atom. The van der Waals surface area contributed by atoms with Crippen LogP contribution in [-0.4, -0.2) is 72.1 Å². The number of nitrogens with zero attached hydrogens (tertiary/aromatic N) is 6. The zero-order chi connectivity index (χ0) is 22.7. The first kappa shape index (κ1) is 23.1. The van der Waals surface area contributed by atoms with E-state index in [1.807, 2.05) is 18.4 Å². The Morgan fingerprint density at radius 1 is 1.44 bits per heavy atom. The number of nitriles is 1. The van der Waals surface area contributed by atoms with Gasteiger partial charge in [-0.1, -0.05) is 28.6 Å². The van der Waals surface area contributed by atoms with Crippen molar-refractivity contribution in [2.24, 2.45) is 0 Å². The second-order valence-electron chi connectivity index (χ2n) is 6.78. The van der Waals surface area contributed by atoms with Crippen molar-refractivity contribution in [2.45, 2.75) is 41.6 Å². The van der Waals surface area contributed by atoms with E-state index in [0.29, 0.717) is 27.2 Å². The smallest absolute Gasteiger partial charge is 0.154 e. The number of hydrogen-bond donors (Lipinski definition) is 2. The topological polar surface area (TPSA) is 139 Å². The molecule has 0 aromatic carbocycles.